The van der Waals surface area contributed by atoms with Crippen molar-refractivity contribution in [2.45, 2.75) is 45.2 Å². The molecule has 1 aliphatic rings. The van der Waals surface area contributed by atoms with Gasteiger partial charge in [-0.05, 0) is 25.8 Å². The number of hydrogen-bond acceptors (Lipinski definition) is 3. The number of ether oxygens (including phenoxy) is 1. The molecule has 3 N–H and O–H groups in total. The molecule has 1 atom stereocenters. The Bertz CT molecular complexity index is 478. The molecule has 4 nitrogen and oxygen atoms in total. The summed E-state index contributed by atoms with van der Waals surface area (Å²) in [6.07, 6.45) is 1.70. The predicted octanol–water partition coefficient (Wildman–Crippen LogP) is 1.93. The number of rotatable bonds is 3. The molecule has 4 heteroatoms. The largest absolute Gasteiger partial charge is 0.493 e. The first-order valence-electron chi connectivity index (χ1n) is 6.78. The minimum Gasteiger partial charge on any atom is -0.493 e. The first-order chi connectivity index (χ1) is 8.93. The molecule has 0 saturated heterocycles. The second-order valence-electron chi connectivity index (χ2n) is 5.57. The van der Waals surface area contributed by atoms with E-state index in [4.69, 9.17) is 10.5 Å². The van der Waals surface area contributed by atoms with E-state index in [1.54, 1.807) is 13.8 Å². The molecule has 1 unspecified atom stereocenters. The number of carbonyl (C=O) groups excluding carboxylic acids is 1. The highest BCUT2D eigenvalue weighted by Gasteiger charge is 2.29. The summed E-state index contributed by atoms with van der Waals surface area (Å²) >= 11 is 0. The van der Waals surface area contributed by atoms with Gasteiger partial charge in [-0.2, -0.15) is 0 Å². The van der Waals surface area contributed by atoms with E-state index in [1.165, 1.54) is 5.56 Å². The molecule has 0 saturated carbocycles. The molecule has 1 aromatic carbocycles. The van der Waals surface area contributed by atoms with Gasteiger partial charge in [-0.1, -0.05) is 25.1 Å². The predicted molar refractivity (Wildman–Crippen MR) is 75.1 cm³/mol. The molecular formula is C15H22N2O2. The Morgan fingerprint density at radius 1 is 1.53 bits per heavy atom. The average molecular weight is 262 g/mol. The van der Waals surface area contributed by atoms with Crippen LogP contribution in [0.5, 0.6) is 5.75 Å². The number of nitrogens with two attached hydrogens (primary N) is 1. The molecule has 1 aromatic rings. The maximum atomic E-state index is 12.0. The van der Waals surface area contributed by atoms with Gasteiger partial charge in [0.25, 0.3) is 0 Å². The van der Waals surface area contributed by atoms with Gasteiger partial charge in [0.1, 0.15) is 5.75 Å². The van der Waals surface area contributed by atoms with E-state index in [9.17, 15) is 4.79 Å². The number of fused-ring (bicyclic) bond motifs is 1. The number of para-hydroxylation sites is 1. The second-order valence-corrected chi connectivity index (χ2v) is 5.57. The smallest absolute Gasteiger partial charge is 0.239 e. The molecule has 0 bridgehead atoms. The van der Waals surface area contributed by atoms with Gasteiger partial charge in [-0.15, -0.1) is 0 Å². The lowest BCUT2D eigenvalue weighted by Gasteiger charge is -2.30. The molecule has 0 fully saturated rings. The second kappa shape index (κ2) is 5.21. The van der Waals surface area contributed by atoms with Crippen LogP contribution in [0.15, 0.2) is 18.2 Å². The van der Waals surface area contributed by atoms with E-state index in [0.29, 0.717) is 6.61 Å². The van der Waals surface area contributed by atoms with Crippen LogP contribution in [0.4, 0.5) is 0 Å². The molecule has 0 radical (unpaired) electrons. The highest BCUT2D eigenvalue weighted by atomic mass is 16.5. The fourth-order valence-corrected chi connectivity index (χ4v) is 2.26. The minimum atomic E-state index is -0.860. The van der Waals surface area contributed by atoms with Crippen LogP contribution in [0.3, 0.4) is 0 Å². The molecule has 1 aliphatic heterocycles. The number of carbonyl (C=O) groups is 1. The Hall–Kier alpha value is -1.55. The monoisotopic (exact) mass is 262 g/mol. The van der Waals surface area contributed by atoms with Crippen molar-refractivity contribution in [2.24, 2.45) is 5.73 Å². The molecule has 1 amide bonds. The SMILES string of the molecule is CCc1cccc2c1OCCC2NC(=O)C(C)(C)N. The van der Waals surface area contributed by atoms with E-state index < -0.39 is 5.54 Å². The zero-order valence-electron chi connectivity index (χ0n) is 11.8. The summed E-state index contributed by atoms with van der Waals surface area (Å²) in [5, 5.41) is 3.02. The highest BCUT2D eigenvalue weighted by molar-refractivity contribution is 5.85. The van der Waals surface area contributed by atoms with Crippen LogP contribution in [0.1, 0.15) is 44.4 Å². The highest BCUT2D eigenvalue weighted by Crippen LogP contribution is 2.35. The summed E-state index contributed by atoms with van der Waals surface area (Å²) in [4.78, 5) is 12.0. The normalized spacial score (nSPS) is 18.4. The van der Waals surface area contributed by atoms with Crippen molar-refractivity contribution in [1.82, 2.24) is 5.32 Å². The third-order valence-corrected chi connectivity index (χ3v) is 3.43. The third-order valence-electron chi connectivity index (χ3n) is 3.43. The summed E-state index contributed by atoms with van der Waals surface area (Å²) < 4.78 is 5.76. The Balaban J connectivity index is 2.26. The van der Waals surface area contributed by atoms with Crippen LogP contribution in [0, 0.1) is 0 Å². The molecule has 2 rings (SSSR count). The lowest BCUT2D eigenvalue weighted by Crippen LogP contribution is -2.50. The Morgan fingerprint density at radius 2 is 2.26 bits per heavy atom. The van der Waals surface area contributed by atoms with Crippen LogP contribution < -0.4 is 15.8 Å². The first kappa shape index (κ1) is 13.9. The maximum Gasteiger partial charge on any atom is 0.239 e. The quantitative estimate of drug-likeness (QED) is 0.874. The zero-order valence-corrected chi connectivity index (χ0v) is 11.8. The van der Waals surface area contributed by atoms with E-state index in [0.717, 1.165) is 24.2 Å². The number of nitrogens with one attached hydrogen (secondary N) is 1. The number of hydrogen-bond donors (Lipinski definition) is 2. The van der Waals surface area contributed by atoms with Crippen LogP contribution in [0.25, 0.3) is 0 Å². The van der Waals surface area contributed by atoms with Crippen molar-refractivity contribution in [2.75, 3.05) is 6.61 Å². The van der Waals surface area contributed by atoms with Gasteiger partial charge < -0.3 is 15.8 Å². The summed E-state index contributed by atoms with van der Waals surface area (Å²) in [6, 6.07) is 6.09. The van der Waals surface area contributed by atoms with Gasteiger partial charge in [0.05, 0.1) is 18.2 Å². The summed E-state index contributed by atoms with van der Waals surface area (Å²) in [7, 11) is 0. The molecule has 0 aliphatic carbocycles. The standard InChI is InChI=1S/C15H22N2O2/c1-4-10-6-5-7-11-12(8-9-19-13(10)11)17-14(18)15(2,3)16/h5-7,12H,4,8-9,16H2,1-3H3,(H,17,18). The van der Waals surface area contributed by atoms with Crippen molar-refractivity contribution >= 4 is 5.91 Å². The van der Waals surface area contributed by atoms with Gasteiger partial charge >= 0.3 is 0 Å². The minimum absolute atomic E-state index is 0.00873. The Labute approximate surface area is 114 Å². The number of benzene rings is 1. The van der Waals surface area contributed by atoms with E-state index in [2.05, 4.69) is 18.3 Å². The van der Waals surface area contributed by atoms with Crippen LogP contribution in [-0.4, -0.2) is 18.1 Å². The topological polar surface area (TPSA) is 64.3 Å². The summed E-state index contributed by atoms with van der Waals surface area (Å²) in [5.41, 5.74) is 7.21. The van der Waals surface area contributed by atoms with Gasteiger partial charge in [-0.25, -0.2) is 0 Å². The average Bonchev–Trinajstić information content (AvgIpc) is 2.37. The first-order valence-corrected chi connectivity index (χ1v) is 6.78. The van der Waals surface area contributed by atoms with Crippen molar-refractivity contribution in [1.29, 1.82) is 0 Å². The number of amides is 1. The van der Waals surface area contributed by atoms with Crippen molar-refractivity contribution in [3.05, 3.63) is 29.3 Å². The lowest BCUT2D eigenvalue weighted by atomic mass is 9.95. The van der Waals surface area contributed by atoms with Crippen molar-refractivity contribution in [3.8, 4) is 5.75 Å². The summed E-state index contributed by atoms with van der Waals surface area (Å²) in [6.45, 7) is 6.15. The maximum absolute atomic E-state index is 12.0. The molecule has 19 heavy (non-hydrogen) atoms. The summed E-state index contributed by atoms with van der Waals surface area (Å²) in [5.74, 6) is 0.795. The van der Waals surface area contributed by atoms with Crippen LogP contribution in [-0.2, 0) is 11.2 Å². The van der Waals surface area contributed by atoms with Gasteiger partial charge in [0.2, 0.25) is 5.91 Å². The van der Waals surface area contributed by atoms with E-state index in [1.807, 2.05) is 12.1 Å². The Morgan fingerprint density at radius 3 is 2.89 bits per heavy atom. The molecule has 104 valence electrons. The van der Waals surface area contributed by atoms with Gasteiger partial charge in [-0.3, -0.25) is 4.79 Å². The molecule has 0 aromatic heterocycles. The van der Waals surface area contributed by atoms with Gasteiger partial charge in [0, 0.05) is 12.0 Å². The molecule has 1 heterocycles. The van der Waals surface area contributed by atoms with Gasteiger partial charge in [0.15, 0.2) is 0 Å². The van der Waals surface area contributed by atoms with Crippen LogP contribution in [0.2, 0.25) is 0 Å². The van der Waals surface area contributed by atoms with Crippen molar-refractivity contribution < 1.29 is 9.53 Å². The fourth-order valence-electron chi connectivity index (χ4n) is 2.26. The molecule has 0 spiro atoms. The fraction of sp³-hybridized carbons (Fsp3) is 0.533. The van der Waals surface area contributed by atoms with Crippen molar-refractivity contribution in [3.63, 3.8) is 0 Å². The Kier molecular flexibility index (Phi) is 3.80. The molecular weight excluding hydrogens is 240 g/mol. The zero-order chi connectivity index (χ0) is 14.0. The van der Waals surface area contributed by atoms with E-state index in [-0.39, 0.29) is 11.9 Å². The number of aryl methyl sites for hydroxylation is 1. The van der Waals surface area contributed by atoms with Crippen LogP contribution >= 0.6 is 0 Å². The third kappa shape index (κ3) is 2.89. The lowest BCUT2D eigenvalue weighted by molar-refractivity contribution is -0.126. The van der Waals surface area contributed by atoms with E-state index >= 15 is 0 Å².